The zero-order chi connectivity index (χ0) is 20.9. The summed E-state index contributed by atoms with van der Waals surface area (Å²) in [7, 11) is 1.44. The van der Waals surface area contributed by atoms with Gasteiger partial charge in [-0.15, -0.1) is 0 Å². The number of pyridine rings is 1. The van der Waals surface area contributed by atoms with Gasteiger partial charge in [0, 0.05) is 30.6 Å². The van der Waals surface area contributed by atoms with Crippen molar-refractivity contribution >= 4 is 34.6 Å². The molecule has 7 nitrogen and oxygen atoms in total. The number of amides is 1. The molecule has 1 amide bonds. The minimum atomic E-state index is -0.566. The lowest BCUT2D eigenvalue weighted by Crippen LogP contribution is -2.40. The molecule has 0 aliphatic heterocycles. The first-order valence-corrected chi connectivity index (χ1v) is 9.83. The molecule has 1 aliphatic carbocycles. The van der Waals surface area contributed by atoms with Gasteiger partial charge in [-0.2, -0.15) is 5.10 Å². The van der Waals surface area contributed by atoms with Crippen LogP contribution in [0.25, 0.3) is 10.9 Å². The lowest BCUT2D eigenvalue weighted by molar-refractivity contribution is -0.119. The van der Waals surface area contributed by atoms with Gasteiger partial charge >= 0.3 is 0 Å². The van der Waals surface area contributed by atoms with E-state index in [2.05, 4.69) is 33.6 Å². The van der Waals surface area contributed by atoms with Crippen LogP contribution in [0.1, 0.15) is 38.2 Å². The zero-order valence-electron chi connectivity index (χ0n) is 16.9. The Balaban J connectivity index is 1.98. The maximum absolute atomic E-state index is 11.9. The van der Waals surface area contributed by atoms with Crippen molar-refractivity contribution in [3.8, 4) is 0 Å². The summed E-state index contributed by atoms with van der Waals surface area (Å²) >= 11 is 0. The van der Waals surface area contributed by atoms with E-state index in [1.54, 1.807) is 11.2 Å². The van der Waals surface area contributed by atoms with Gasteiger partial charge in [0.25, 0.3) is 5.91 Å². The third-order valence-electron chi connectivity index (χ3n) is 5.49. The number of fused-ring (bicyclic) bond motifs is 1. The number of aromatic nitrogens is 1. The Morgan fingerprint density at radius 2 is 2.03 bits per heavy atom. The molecule has 152 valence electrons. The number of aldehydes is 1. The Kier molecular flexibility index (Phi) is 6.36. The van der Waals surface area contributed by atoms with E-state index in [0.29, 0.717) is 12.8 Å². The number of carbonyl (C=O) groups excluding carboxylic acids is 3. The molecule has 0 spiro atoms. The van der Waals surface area contributed by atoms with Gasteiger partial charge in [-0.25, -0.2) is 0 Å². The Bertz CT molecular complexity index is 948. The van der Waals surface area contributed by atoms with Gasteiger partial charge in [0.1, 0.15) is 0 Å². The molecular formula is C22H26N4O3. The van der Waals surface area contributed by atoms with E-state index in [9.17, 15) is 14.4 Å². The number of rotatable bonds is 8. The fraction of sp³-hybridized carbons (Fsp3) is 0.409. The molecule has 1 saturated carbocycles. The predicted molar refractivity (Wildman–Crippen MR) is 112 cm³/mol. The molecule has 3 rings (SSSR count). The Morgan fingerprint density at radius 1 is 1.28 bits per heavy atom. The quantitative estimate of drug-likeness (QED) is 0.321. The molecule has 7 heteroatoms. The van der Waals surface area contributed by atoms with Crippen molar-refractivity contribution in [2.75, 3.05) is 20.1 Å². The van der Waals surface area contributed by atoms with Gasteiger partial charge in [-0.3, -0.25) is 24.4 Å². The average Bonchev–Trinajstić information content (AvgIpc) is 3.20. The number of nitrogens with one attached hydrogen (secondary N) is 1. The lowest BCUT2D eigenvalue weighted by Gasteiger charge is -2.34. The van der Waals surface area contributed by atoms with E-state index in [-0.39, 0.29) is 23.5 Å². The molecule has 0 saturated heterocycles. The van der Waals surface area contributed by atoms with E-state index < -0.39 is 5.91 Å². The van der Waals surface area contributed by atoms with Crippen LogP contribution in [0, 0.1) is 0 Å². The van der Waals surface area contributed by atoms with E-state index in [1.807, 2.05) is 12.1 Å². The van der Waals surface area contributed by atoms with Gasteiger partial charge in [0.05, 0.1) is 12.1 Å². The Hall–Kier alpha value is -3.09. The third kappa shape index (κ3) is 4.67. The molecule has 1 heterocycles. The summed E-state index contributed by atoms with van der Waals surface area (Å²) in [6.45, 7) is 1.98. The summed E-state index contributed by atoms with van der Waals surface area (Å²) in [5.41, 5.74) is 1.64. The number of hydrazone groups is 1. The van der Waals surface area contributed by atoms with Gasteiger partial charge in [0.2, 0.25) is 0 Å². The van der Waals surface area contributed by atoms with Crippen LogP contribution < -0.4 is 5.32 Å². The van der Waals surface area contributed by atoms with Crippen molar-refractivity contribution in [2.45, 2.75) is 38.0 Å². The van der Waals surface area contributed by atoms with Crippen LogP contribution in [0.15, 0.2) is 41.6 Å². The third-order valence-corrected chi connectivity index (χ3v) is 5.49. The molecule has 1 fully saturated rings. The van der Waals surface area contributed by atoms with E-state index in [4.69, 9.17) is 0 Å². The van der Waals surface area contributed by atoms with E-state index in [1.165, 1.54) is 14.0 Å². The minimum Gasteiger partial charge on any atom is -0.354 e. The Labute approximate surface area is 170 Å². The normalized spacial score (nSPS) is 15.9. The van der Waals surface area contributed by atoms with Crippen molar-refractivity contribution in [1.29, 1.82) is 0 Å². The zero-order valence-corrected chi connectivity index (χ0v) is 16.9. The molecule has 0 radical (unpaired) electrons. The minimum absolute atomic E-state index is 0.0436. The summed E-state index contributed by atoms with van der Waals surface area (Å²) in [6.07, 6.45) is 6.26. The van der Waals surface area contributed by atoms with Crippen molar-refractivity contribution in [1.82, 2.24) is 15.3 Å². The number of hydrogen-bond acceptors (Lipinski definition) is 6. The SMILES string of the molecule is CNC(=O)C(C=O)=NN(CC(C)=O)CC1(c2ccc3cccnc3c2)CCCC1. The monoisotopic (exact) mass is 394 g/mol. The first-order valence-electron chi connectivity index (χ1n) is 9.83. The van der Waals surface area contributed by atoms with Crippen molar-refractivity contribution in [2.24, 2.45) is 5.10 Å². The van der Waals surface area contributed by atoms with Gasteiger partial charge < -0.3 is 5.32 Å². The van der Waals surface area contributed by atoms with Crippen LogP contribution in [0.5, 0.6) is 0 Å². The van der Waals surface area contributed by atoms with Crippen molar-refractivity contribution < 1.29 is 14.4 Å². The van der Waals surface area contributed by atoms with Crippen LogP contribution in [0.2, 0.25) is 0 Å². The van der Waals surface area contributed by atoms with E-state index in [0.717, 1.165) is 42.1 Å². The van der Waals surface area contributed by atoms with Gasteiger partial charge in [-0.05, 0) is 37.5 Å². The second-order valence-electron chi connectivity index (χ2n) is 7.61. The summed E-state index contributed by atoms with van der Waals surface area (Å²) in [5.74, 6) is -0.645. The lowest BCUT2D eigenvalue weighted by atomic mass is 9.78. The molecular weight excluding hydrogens is 368 g/mol. The van der Waals surface area contributed by atoms with Crippen LogP contribution in [0.3, 0.4) is 0 Å². The molecule has 0 atom stereocenters. The van der Waals surface area contributed by atoms with Crippen LogP contribution in [0.4, 0.5) is 0 Å². The molecule has 0 bridgehead atoms. The highest BCUT2D eigenvalue weighted by Crippen LogP contribution is 2.42. The van der Waals surface area contributed by atoms with Crippen LogP contribution in [-0.2, 0) is 19.8 Å². The molecule has 1 aliphatic rings. The largest absolute Gasteiger partial charge is 0.354 e. The van der Waals surface area contributed by atoms with Crippen LogP contribution >= 0.6 is 0 Å². The number of Topliss-reactive ketones (excluding diaryl/α,β-unsaturated/α-hetero) is 1. The fourth-order valence-corrected chi connectivity index (χ4v) is 4.12. The molecule has 1 aromatic carbocycles. The summed E-state index contributed by atoms with van der Waals surface area (Å²) in [5, 5.41) is 9.28. The highest BCUT2D eigenvalue weighted by molar-refractivity contribution is 6.59. The van der Waals surface area contributed by atoms with Gasteiger partial charge in [0.15, 0.2) is 17.8 Å². The summed E-state index contributed by atoms with van der Waals surface area (Å²) < 4.78 is 0. The van der Waals surface area contributed by atoms with Crippen LogP contribution in [-0.4, -0.2) is 53.8 Å². The first-order chi connectivity index (χ1) is 14.0. The maximum atomic E-state index is 11.9. The Morgan fingerprint density at radius 3 is 2.69 bits per heavy atom. The van der Waals surface area contributed by atoms with Crippen molar-refractivity contribution in [3.05, 3.63) is 42.1 Å². The standard InChI is InChI=1S/C22H26N4O3/c1-16(28)13-26(25-20(14-27)21(29)23-2)15-22(9-3-4-10-22)18-8-7-17-6-5-11-24-19(17)12-18/h5-8,11-12,14H,3-4,9-10,13,15H2,1-2H3,(H,23,29). The van der Waals surface area contributed by atoms with Crippen molar-refractivity contribution in [3.63, 3.8) is 0 Å². The number of benzene rings is 1. The smallest absolute Gasteiger partial charge is 0.274 e. The van der Waals surface area contributed by atoms with E-state index >= 15 is 0 Å². The molecule has 0 unspecified atom stereocenters. The summed E-state index contributed by atoms with van der Waals surface area (Å²) in [4.78, 5) is 39.6. The number of hydrogen-bond donors (Lipinski definition) is 1. The first kappa shape index (κ1) is 20.6. The fourth-order valence-electron chi connectivity index (χ4n) is 4.12. The summed E-state index contributed by atoms with van der Waals surface area (Å²) in [6, 6.07) is 10.2. The molecule has 29 heavy (non-hydrogen) atoms. The molecule has 2 aromatic rings. The number of ketones is 1. The molecule has 1 aromatic heterocycles. The maximum Gasteiger partial charge on any atom is 0.274 e. The molecule has 1 N–H and O–H groups in total. The van der Waals surface area contributed by atoms with Gasteiger partial charge in [-0.1, -0.05) is 31.0 Å². The second-order valence-corrected chi connectivity index (χ2v) is 7.61. The topological polar surface area (TPSA) is 91.7 Å². The highest BCUT2D eigenvalue weighted by Gasteiger charge is 2.38. The number of nitrogens with zero attached hydrogens (tertiary/aromatic N) is 3. The predicted octanol–water partition coefficient (Wildman–Crippen LogP) is 2.24. The number of carbonyl (C=O) groups is 3. The average molecular weight is 394 g/mol. The highest BCUT2D eigenvalue weighted by atomic mass is 16.2. The second kappa shape index (κ2) is 8.94.